The highest BCUT2D eigenvalue weighted by Crippen LogP contribution is 2.50. The number of benzene rings is 8. The van der Waals surface area contributed by atoms with Crippen molar-refractivity contribution in [1.29, 1.82) is 0 Å². The summed E-state index contributed by atoms with van der Waals surface area (Å²) in [7, 11) is 0. The van der Waals surface area contributed by atoms with Gasteiger partial charge in [-0.2, -0.15) is 0 Å². The zero-order valence-electron chi connectivity index (χ0n) is 30.2. The van der Waals surface area contributed by atoms with E-state index in [-0.39, 0.29) is 0 Å². The van der Waals surface area contributed by atoms with Crippen LogP contribution >= 0.6 is 0 Å². The lowest BCUT2D eigenvalue weighted by molar-refractivity contribution is 1.13. The SMILES string of the molecule is C/C=C\c1cccc2c1c1ccccc1n2-c1cc(-c2ccc3c4c(cccc24)-c2ccccc2-3)cc(-n2c3ccccc3c3c4ncccc4ccc32)c1. The van der Waals surface area contributed by atoms with Crippen LogP contribution in [0.25, 0.3) is 116 Å². The second kappa shape index (κ2) is 11.4. The minimum absolute atomic E-state index is 1.03. The third kappa shape index (κ3) is 4.18. The Balaban J connectivity index is 1.22. The van der Waals surface area contributed by atoms with E-state index in [1.807, 2.05) is 12.3 Å². The molecule has 3 heterocycles. The molecule has 0 saturated heterocycles. The Morgan fingerprint density at radius 2 is 1.04 bits per heavy atom. The topological polar surface area (TPSA) is 22.8 Å². The summed E-state index contributed by atoms with van der Waals surface area (Å²) in [4.78, 5) is 4.93. The van der Waals surface area contributed by atoms with E-state index in [9.17, 15) is 0 Å². The van der Waals surface area contributed by atoms with Crippen molar-refractivity contribution in [2.24, 2.45) is 0 Å². The van der Waals surface area contributed by atoms with E-state index in [1.54, 1.807) is 0 Å². The molecule has 3 heteroatoms. The highest BCUT2D eigenvalue weighted by Gasteiger charge is 2.24. The second-order valence-corrected chi connectivity index (χ2v) is 14.7. The van der Waals surface area contributed by atoms with Crippen LogP contribution in [-0.2, 0) is 0 Å². The fourth-order valence-corrected chi connectivity index (χ4v) is 9.59. The van der Waals surface area contributed by atoms with Gasteiger partial charge in [-0.15, -0.1) is 0 Å². The Morgan fingerprint density at radius 3 is 1.80 bits per heavy atom. The van der Waals surface area contributed by atoms with E-state index in [0.29, 0.717) is 0 Å². The molecule has 0 atom stereocenters. The molecule has 0 unspecified atom stereocenters. The lowest BCUT2D eigenvalue weighted by Crippen LogP contribution is -2.00. The number of aromatic nitrogens is 3. The van der Waals surface area contributed by atoms with Gasteiger partial charge in [0.2, 0.25) is 0 Å². The highest BCUT2D eigenvalue weighted by molar-refractivity contribution is 6.21. The van der Waals surface area contributed by atoms with E-state index in [4.69, 9.17) is 4.98 Å². The van der Waals surface area contributed by atoms with Crippen molar-refractivity contribution in [2.45, 2.75) is 6.92 Å². The quantitative estimate of drug-likeness (QED) is 0.179. The molecule has 0 bridgehead atoms. The van der Waals surface area contributed by atoms with Crippen molar-refractivity contribution in [3.8, 4) is 44.8 Å². The first kappa shape index (κ1) is 30.3. The largest absolute Gasteiger partial charge is 0.309 e. The first-order valence-corrected chi connectivity index (χ1v) is 19.0. The van der Waals surface area contributed by atoms with Crippen LogP contribution in [0.4, 0.5) is 0 Å². The second-order valence-electron chi connectivity index (χ2n) is 14.7. The number of hydrogen-bond acceptors (Lipinski definition) is 1. The maximum Gasteiger partial charge on any atom is 0.0802 e. The molecule has 3 aromatic heterocycles. The Morgan fingerprint density at radius 1 is 0.436 bits per heavy atom. The predicted octanol–water partition coefficient (Wildman–Crippen LogP) is 13.9. The molecule has 1 aliphatic rings. The number of rotatable bonds is 4. The molecule has 3 nitrogen and oxygen atoms in total. The maximum atomic E-state index is 4.93. The molecule has 0 aliphatic heterocycles. The zero-order chi connectivity index (χ0) is 36.2. The Kier molecular flexibility index (Phi) is 6.26. The van der Waals surface area contributed by atoms with Gasteiger partial charge in [0.25, 0.3) is 0 Å². The molecule has 8 aromatic carbocycles. The molecule has 0 spiro atoms. The van der Waals surface area contributed by atoms with Crippen molar-refractivity contribution in [3.63, 3.8) is 0 Å². The molecule has 12 rings (SSSR count). The van der Waals surface area contributed by atoms with Crippen molar-refractivity contribution < 1.29 is 0 Å². The lowest BCUT2D eigenvalue weighted by Gasteiger charge is -2.17. The minimum atomic E-state index is 1.03. The van der Waals surface area contributed by atoms with Crippen LogP contribution in [0.2, 0.25) is 0 Å². The highest BCUT2D eigenvalue weighted by atomic mass is 15.0. The average molecular weight is 700 g/mol. The van der Waals surface area contributed by atoms with Crippen LogP contribution in [-0.4, -0.2) is 14.1 Å². The van der Waals surface area contributed by atoms with E-state index in [0.717, 1.165) is 33.3 Å². The number of allylic oxidation sites excluding steroid dienone is 1. The normalized spacial score (nSPS) is 12.4. The number of hydrogen-bond donors (Lipinski definition) is 0. The van der Waals surface area contributed by atoms with Gasteiger partial charge in [0.05, 0.1) is 27.6 Å². The summed E-state index contributed by atoms with van der Waals surface area (Å²) >= 11 is 0. The molecule has 0 radical (unpaired) electrons. The predicted molar refractivity (Wildman–Crippen MR) is 233 cm³/mol. The maximum absolute atomic E-state index is 4.93. The van der Waals surface area contributed by atoms with Crippen molar-refractivity contribution in [2.75, 3.05) is 0 Å². The van der Waals surface area contributed by atoms with Crippen LogP contribution < -0.4 is 0 Å². The summed E-state index contributed by atoms with van der Waals surface area (Å²) in [6.07, 6.45) is 6.27. The van der Waals surface area contributed by atoms with Gasteiger partial charge in [-0.05, 0) is 105 Å². The Hall–Kier alpha value is -7.23. The third-order valence-corrected chi connectivity index (χ3v) is 11.8. The number of para-hydroxylation sites is 2. The molecular weight excluding hydrogens is 667 g/mol. The zero-order valence-corrected chi connectivity index (χ0v) is 30.2. The first-order valence-electron chi connectivity index (χ1n) is 19.0. The fourth-order valence-electron chi connectivity index (χ4n) is 9.59. The van der Waals surface area contributed by atoms with Crippen LogP contribution in [0.5, 0.6) is 0 Å². The van der Waals surface area contributed by atoms with Gasteiger partial charge < -0.3 is 9.13 Å². The summed E-state index contributed by atoms with van der Waals surface area (Å²) in [5, 5.41) is 8.63. The summed E-state index contributed by atoms with van der Waals surface area (Å²) < 4.78 is 4.91. The molecule has 256 valence electrons. The van der Waals surface area contributed by atoms with Gasteiger partial charge in [0.1, 0.15) is 0 Å². The van der Waals surface area contributed by atoms with Crippen LogP contribution in [0.3, 0.4) is 0 Å². The van der Waals surface area contributed by atoms with E-state index >= 15 is 0 Å². The molecule has 0 saturated carbocycles. The summed E-state index contributed by atoms with van der Waals surface area (Å²) in [6.45, 7) is 2.09. The smallest absolute Gasteiger partial charge is 0.0802 e. The minimum Gasteiger partial charge on any atom is -0.309 e. The van der Waals surface area contributed by atoms with Gasteiger partial charge >= 0.3 is 0 Å². The van der Waals surface area contributed by atoms with Gasteiger partial charge in [-0.1, -0.05) is 127 Å². The van der Waals surface area contributed by atoms with Crippen LogP contribution in [0.1, 0.15) is 12.5 Å². The van der Waals surface area contributed by atoms with Crippen molar-refractivity contribution in [3.05, 3.63) is 182 Å². The molecule has 0 amide bonds. The van der Waals surface area contributed by atoms with Crippen molar-refractivity contribution in [1.82, 2.24) is 14.1 Å². The molecule has 1 aliphatic carbocycles. The molecular formula is C52H33N3. The number of pyridine rings is 1. The standard InChI is InChI=1S/C52H33N3/c1-2-12-32-13-9-23-47-49(32)43-17-5-7-21-45(43)54(47)35-29-34(37-25-26-42-39-16-4-3-15-38(39)41-20-10-19-40(37)50(41)42)30-36(31-35)55-46-22-8-6-18-44(46)51-48(55)27-24-33-14-11-28-53-52(33)51/h2-31H,1H3/b12-2-. The molecule has 0 N–H and O–H groups in total. The van der Waals surface area contributed by atoms with E-state index in [1.165, 1.54) is 82.3 Å². The van der Waals surface area contributed by atoms with E-state index in [2.05, 4.69) is 186 Å². The summed E-state index contributed by atoms with van der Waals surface area (Å²) in [5.74, 6) is 0. The van der Waals surface area contributed by atoms with Gasteiger partial charge in [0, 0.05) is 44.5 Å². The summed E-state index contributed by atoms with van der Waals surface area (Å²) in [6, 6.07) is 60.4. The van der Waals surface area contributed by atoms with E-state index < -0.39 is 0 Å². The molecule has 11 aromatic rings. The monoisotopic (exact) mass is 699 g/mol. The average Bonchev–Trinajstić information content (AvgIpc) is 3.88. The summed E-state index contributed by atoms with van der Waals surface area (Å²) in [5.41, 5.74) is 16.8. The Labute approximate surface area is 317 Å². The van der Waals surface area contributed by atoms with Gasteiger partial charge in [-0.25, -0.2) is 0 Å². The number of nitrogens with zero attached hydrogens (tertiary/aromatic N) is 3. The van der Waals surface area contributed by atoms with Gasteiger partial charge in [-0.3, -0.25) is 4.98 Å². The molecule has 0 fully saturated rings. The third-order valence-electron chi connectivity index (χ3n) is 11.8. The number of fused-ring (bicyclic) bond motifs is 11. The van der Waals surface area contributed by atoms with Gasteiger partial charge in [0.15, 0.2) is 0 Å². The van der Waals surface area contributed by atoms with Crippen LogP contribution in [0.15, 0.2) is 176 Å². The lowest BCUT2D eigenvalue weighted by atomic mass is 9.93. The fraction of sp³-hybridized carbons (Fsp3) is 0.0192. The Bertz CT molecular complexity index is 3420. The van der Waals surface area contributed by atoms with Crippen LogP contribution in [0, 0.1) is 0 Å². The first-order chi connectivity index (χ1) is 27.3. The molecule has 55 heavy (non-hydrogen) atoms. The van der Waals surface area contributed by atoms with Crippen molar-refractivity contribution >= 4 is 71.4 Å².